The molecule has 160 valence electrons. The van der Waals surface area contributed by atoms with E-state index in [4.69, 9.17) is 9.84 Å². The number of nitrogens with zero attached hydrogens (tertiary/aromatic N) is 2. The molecule has 0 spiro atoms. The maximum Gasteiger partial charge on any atom is 0.340 e. The summed E-state index contributed by atoms with van der Waals surface area (Å²) in [7, 11) is 0. The van der Waals surface area contributed by atoms with Gasteiger partial charge in [-0.1, -0.05) is 31.5 Å². The molecular weight excluding hydrogens is 424 g/mol. The van der Waals surface area contributed by atoms with Crippen molar-refractivity contribution < 1.29 is 19.4 Å². The Kier molecular flexibility index (Phi) is 5.97. The van der Waals surface area contributed by atoms with Crippen LogP contribution in [0, 0.1) is 11.8 Å². The molecule has 1 aromatic carbocycles. The van der Waals surface area contributed by atoms with E-state index in [9.17, 15) is 9.59 Å². The highest BCUT2D eigenvalue weighted by atomic mass is 32.2. The van der Waals surface area contributed by atoms with Crippen LogP contribution in [0.2, 0.25) is 0 Å². The summed E-state index contributed by atoms with van der Waals surface area (Å²) < 4.78 is 5.74. The highest BCUT2D eigenvalue weighted by Crippen LogP contribution is 2.46. The first-order chi connectivity index (χ1) is 15.3. The molecule has 1 aliphatic heterocycles. The Morgan fingerprint density at radius 1 is 1.12 bits per heavy atom. The summed E-state index contributed by atoms with van der Waals surface area (Å²) in [5.74, 6) is 4.69. The Balaban J connectivity index is 1.52. The van der Waals surface area contributed by atoms with Crippen molar-refractivity contribution in [3.8, 4) is 11.8 Å². The smallest absolute Gasteiger partial charge is 0.340 e. The van der Waals surface area contributed by atoms with E-state index in [2.05, 4.69) is 41.7 Å². The molecule has 3 heterocycles. The minimum atomic E-state index is -1.02. The first-order valence-corrected chi connectivity index (χ1v) is 10.8. The van der Waals surface area contributed by atoms with Gasteiger partial charge in [-0.2, -0.15) is 0 Å². The van der Waals surface area contributed by atoms with Gasteiger partial charge in [-0.3, -0.25) is 4.98 Å². The summed E-state index contributed by atoms with van der Waals surface area (Å²) in [5.41, 5.74) is 2.56. The maximum absolute atomic E-state index is 12.4. The van der Waals surface area contributed by atoms with Gasteiger partial charge >= 0.3 is 11.9 Å². The van der Waals surface area contributed by atoms with Crippen LogP contribution in [0.25, 0.3) is 0 Å². The molecular formula is C25H20N2O4S. The summed E-state index contributed by atoms with van der Waals surface area (Å²) in [6, 6.07) is 12.5. The normalized spacial score (nSPS) is 16.2. The Hall–Kier alpha value is -3.63. The van der Waals surface area contributed by atoms with Crippen LogP contribution < -0.4 is 0 Å². The van der Waals surface area contributed by atoms with E-state index in [1.807, 2.05) is 12.1 Å². The minimum Gasteiger partial charge on any atom is -0.478 e. The molecule has 0 saturated carbocycles. The summed E-state index contributed by atoms with van der Waals surface area (Å²) in [5, 5.41) is 8.96. The third-order valence-electron chi connectivity index (χ3n) is 5.13. The number of fused-ring (bicyclic) bond motifs is 1. The van der Waals surface area contributed by atoms with Crippen LogP contribution >= 0.6 is 11.8 Å². The van der Waals surface area contributed by atoms with Gasteiger partial charge in [0.05, 0.1) is 11.1 Å². The zero-order valence-corrected chi connectivity index (χ0v) is 18.3. The second-order valence-electron chi connectivity index (χ2n) is 7.98. The predicted molar refractivity (Wildman–Crippen MR) is 121 cm³/mol. The van der Waals surface area contributed by atoms with Crippen LogP contribution in [0.1, 0.15) is 57.8 Å². The highest BCUT2D eigenvalue weighted by molar-refractivity contribution is 7.99. The molecule has 2 aromatic heterocycles. The number of carbonyl (C=O) groups is 2. The molecule has 0 amide bonds. The van der Waals surface area contributed by atoms with Gasteiger partial charge in [0.15, 0.2) is 5.44 Å². The van der Waals surface area contributed by atoms with Crippen molar-refractivity contribution >= 4 is 23.7 Å². The number of carbonyl (C=O) groups excluding carboxylic acids is 1. The molecule has 0 radical (unpaired) electrons. The highest BCUT2D eigenvalue weighted by Gasteiger charge is 2.35. The Labute approximate surface area is 190 Å². The number of aromatic carboxylic acids is 1. The summed E-state index contributed by atoms with van der Waals surface area (Å²) in [6.45, 7) is 4.25. The molecule has 6 nitrogen and oxygen atoms in total. The molecule has 0 unspecified atom stereocenters. The van der Waals surface area contributed by atoms with Crippen LogP contribution in [0.4, 0.5) is 0 Å². The molecule has 0 bridgehead atoms. The fraction of sp³-hybridized carbons (Fsp3) is 0.200. The number of rotatable bonds is 3. The zero-order chi connectivity index (χ0) is 22.7. The van der Waals surface area contributed by atoms with E-state index in [-0.39, 0.29) is 22.4 Å². The number of hydrogen-bond acceptors (Lipinski definition) is 6. The standard InChI is InChI=1S/C25H20N2O4S/c1-25(2)13-22(31-24(30)18-4-3-11-26-14-18)32-21-10-6-16(12-20(21)25)5-8-19-9-7-17(15-27-19)23(28)29/h3-4,6-7,9-12,14-15,22H,13H2,1-2H3,(H,28,29)/t22-/m1/s1. The van der Waals surface area contributed by atoms with Crippen molar-refractivity contribution in [2.45, 2.75) is 36.0 Å². The summed E-state index contributed by atoms with van der Waals surface area (Å²) in [6.07, 6.45) is 5.09. The van der Waals surface area contributed by atoms with Gasteiger partial charge in [-0.25, -0.2) is 14.6 Å². The first-order valence-electron chi connectivity index (χ1n) is 9.95. The number of benzene rings is 1. The fourth-order valence-electron chi connectivity index (χ4n) is 3.42. The molecule has 0 aliphatic carbocycles. The molecule has 1 atom stereocenters. The molecule has 7 heteroatoms. The largest absolute Gasteiger partial charge is 0.478 e. The molecule has 1 N–H and O–H groups in total. The van der Waals surface area contributed by atoms with Crippen molar-refractivity contribution in [3.63, 3.8) is 0 Å². The van der Waals surface area contributed by atoms with Gasteiger partial charge in [0, 0.05) is 35.5 Å². The van der Waals surface area contributed by atoms with E-state index >= 15 is 0 Å². The lowest BCUT2D eigenvalue weighted by Gasteiger charge is -2.36. The predicted octanol–water partition coefficient (Wildman–Crippen LogP) is 4.53. The molecule has 0 fully saturated rings. The van der Waals surface area contributed by atoms with Crippen molar-refractivity contribution in [1.82, 2.24) is 9.97 Å². The lowest BCUT2D eigenvalue weighted by molar-refractivity contribution is 0.0415. The molecule has 32 heavy (non-hydrogen) atoms. The van der Waals surface area contributed by atoms with Crippen molar-refractivity contribution in [3.05, 3.63) is 89.0 Å². The number of aromatic nitrogens is 2. The van der Waals surface area contributed by atoms with Gasteiger partial charge < -0.3 is 9.84 Å². The number of hydrogen-bond donors (Lipinski definition) is 1. The molecule has 1 aliphatic rings. The average molecular weight is 445 g/mol. The van der Waals surface area contributed by atoms with E-state index in [1.165, 1.54) is 30.2 Å². The molecule has 3 aromatic rings. The Morgan fingerprint density at radius 2 is 1.97 bits per heavy atom. The third kappa shape index (κ3) is 4.82. The maximum atomic E-state index is 12.4. The second kappa shape index (κ2) is 8.85. The van der Waals surface area contributed by atoms with Crippen LogP contribution in [0.15, 0.2) is 66.0 Å². The van der Waals surface area contributed by atoms with E-state index in [1.54, 1.807) is 24.4 Å². The second-order valence-corrected chi connectivity index (χ2v) is 9.18. The van der Waals surface area contributed by atoms with Crippen molar-refractivity contribution in [2.24, 2.45) is 0 Å². The van der Waals surface area contributed by atoms with Crippen molar-refractivity contribution in [1.29, 1.82) is 0 Å². The van der Waals surface area contributed by atoms with Gasteiger partial charge in [0.25, 0.3) is 0 Å². The number of pyridine rings is 2. The zero-order valence-electron chi connectivity index (χ0n) is 17.5. The Morgan fingerprint density at radius 3 is 2.66 bits per heavy atom. The number of ether oxygens (including phenoxy) is 1. The van der Waals surface area contributed by atoms with Gasteiger partial charge in [-0.15, -0.1) is 0 Å². The van der Waals surface area contributed by atoms with Crippen LogP contribution in [-0.4, -0.2) is 32.4 Å². The van der Waals surface area contributed by atoms with Crippen LogP contribution in [0.5, 0.6) is 0 Å². The molecule has 0 saturated heterocycles. The number of esters is 1. The topological polar surface area (TPSA) is 89.4 Å². The number of carboxylic acids is 1. The minimum absolute atomic E-state index is 0.127. The SMILES string of the molecule is CC1(C)C[C@H](OC(=O)c2cccnc2)Sc2ccc(C#Cc3ccc(C(=O)O)cn3)cc21. The van der Waals surface area contributed by atoms with Gasteiger partial charge in [-0.05, 0) is 59.4 Å². The quantitative estimate of drug-likeness (QED) is 0.469. The van der Waals surface area contributed by atoms with Gasteiger partial charge in [0.2, 0.25) is 0 Å². The summed E-state index contributed by atoms with van der Waals surface area (Å²) >= 11 is 1.53. The summed E-state index contributed by atoms with van der Waals surface area (Å²) in [4.78, 5) is 32.5. The first kappa shape index (κ1) is 21.6. The number of carboxylic acid groups (broad SMARTS) is 1. The monoisotopic (exact) mass is 444 g/mol. The van der Waals surface area contributed by atoms with Gasteiger partial charge in [0.1, 0.15) is 5.69 Å². The van der Waals surface area contributed by atoms with E-state index in [0.717, 1.165) is 16.0 Å². The lowest BCUT2D eigenvalue weighted by atomic mass is 9.80. The van der Waals surface area contributed by atoms with E-state index < -0.39 is 5.97 Å². The van der Waals surface area contributed by atoms with Crippen LogP contribution in [0.3, 0.4) is 0 Å². The number of thioether (sulfide) groups is 1. The van der Waals surface area contributed by atoms with Crippen LogP contribution in [-0.2, 0) is 10.2 Å². The fourth-order valence-corrected chi connectivity index (χ4v) is 4.94. The van der Waals surface area contributed by atoms with Crippen molar-refractivity contribution in [2.75, 3.05) is 0 Å². The Bertz CT molecular complexity index is 1230. The lowest BCUT2D eigenvalue weighted by Crippen LogP contribution is -2.31. The molecule has 4 rings (SSSR count). The third-order valence-corrected chi connectivity index (χ3v) is 6.26. The van der Waals surface area contributed by atoms with E-state index in [0.29, 0.717) is 17.7 Å². The average Bonchev–Trinajstić information content (AvgIpc) is 2.78.